The second kappa shape index (κ2) is 12.3. The van der Waals surface area contributed by atoms with Crippen LogP contribution in [0.4, 0.5) is 5.69 Å². The van der Waals surface area contributed by atoms with E-state index in [2.05, 4.69) is 38.3 Å². The van der Waals surface area contributed by atoms with Gasteiger partial charge < -0.3 is 15.4 Å². The summed E-state index contributed by atoms with van der Waals surface area (Å²) < 4.78 is 5.68. The number of hydrogen-bond acceptors (Lipinski definition) is 3. The van der Waals surface area contributed by atoms with Crippen molar-refractivity contribution in [3.8, 4) is 0 Å². The number of carbonyl (C=O) groups excluding carboxylic acids is 1. The molecule has 0 saturated heterocycles. The molecule has 1 atom stereocenters. The fourth-order valence-corrected chi connectivity index (χ4v) is 2.35. The smallest absolute Gasteiger partial charge is 0.226 e. The van der Waals surface area contributed by atoms with Gasteiger partial charge in [0.25, 0.3) is 0 Å². The number of ether oxygens (including phenoxy) is 1. The normalized spacial score (nSPS) is 11.9. The number of hydrogen-bond donors (Lipinski definition) is 2. The van der Waals surface area contributed by atoms with Crippen molar-refractivity contribution in [3.05, 3.63) is 29.8 Å². The molecule has 0 saturated carbocycles. The van der Waals surface area contributed by atoms with E-state index >= 15 is 0 Å². The van der Waals surface area contributed by atoms with E-state index in [1.807, 2.05) is 24.3 Å². The largest absolute Gasteiger partial charge is 0.378 e. The quantitative estimate of drug-likeness (QED) is 0.675. The average Bonchev–Trinajstić information content (AvgIpc) is 2.45. The summed E-state index contributed by atoms with van der Waals surface area (Å²) in [7, 11) is 0. The van der Waals surface area contributed by atoms with Crippen LogP contribution in [0.1, 0.15) is 46.1 Å². The number of benzene rings is 1. The second-order valence-corrected chi connectivity index (χ2v) is 6.05. The number of amides is 1. The number of anilines is 1. The molecule has 0 fully saturated rings. The molecule has 1 aromatic rings. The summed E-state index contributed by atoms with van der Waals surface area (Å²) in [6.45, 7) is 10.6. The molecule has 1 amide bonds. The molecule has 2 N–H and O–H groups in total. The molecule has 0 aromatic heterocycles. The summed E-state index contributed by atoms with van der Waals surface area (Å²) in [6.07, 6.45) is 1.61. The maximum atomic E-state index is 12.0. The van der Waals surface area contributed by atoms with Crippen molar-refractivity contribution in [2.24, 2.45) is 5.92 Å². The second-order valence-electron chi connectivity index (χ2n) is 6.05. The van der Waals surface area contributed by atoms with Crippen LogP contribution >= 0.6 is 12.4 Å². The third kappa shape index (κ3) is 9.59. The van der Waals surface area contributed by atoms with Crippen molar-refractivity contribution in [1.29, 1.82) is 0 Å². The Morgan fingerprint density at radius 3 is 2.57 bits per heavy atom. The Bertz CT molecular complexity index is 452. The van der Waals surface area contributed by atoms with Crippen LogP contribution in [0.3, 0.4) is 0 Å². The Morgan fingerprint density at radius 1 is 1.22 bits per heavy atom. The van der Waals surface area contributed by atoms with Gasteiger partial charge in [0.05, 0.1) is 19.1 Å². The Hall–Kier alpha value is -1.10. The minimum Gasteiger partial charge on any atom is -0.378 e. The first-order chi connectivity index (χ1) is 10.5. The Kier molecular flexibility index (Phi) is 11.7. The molecule has 0 aliphatic rings. The lowest BCUT2D eigenvalue weighted by Gasteiger charge is -2.15. The number of halogens is 1. The van der Waals surface area contributed by atoms with E-state index in [9.17, 15) is 4.79 Å². The average molecular weight is 343 g/mol. The molecule has 1 rings (SSSR count). The first-order valence-electron chi connectivity index (χ1n) is 8.23. The molecular weight excluding hydrogens is 312 g/mol. The van der Waals surface area contributed by atoms with Crippen molar-refractivity contribution >= 4 is 24.0 Å². The third-order valence-corrected chi connectivity index (χ3v) is 3.39. The first kappa shape index (κ1) is 21.9. The minimum atomic E-state index is 0. The van der Waals surface area contributed by atoms with E-state index in [4.69, 9.17) is 4.74 Å². The van der Waals surface area contributed by atoms with Crippen LogP contribution in [-0.2, 0) is 16.1 Å². The molecule has 0 aliphatic carbocycles. The predicted octanol–water partition coefficient (Wildman–Crippen LogP) is 4.00. The number of carbonyl (C=O) groups is 1. The highest BCUT2D eigenvalue weighted by atomic mass is 35.5. The van der Waals surface area contributed by atoms with E-state index in [1.165, 1.54) is 0 Å². The molecule has 4 nitrogen and oxygen atoms in total. The van der Waals surface area contributed by atoms with Crippen LogP contribution in [-0.4, -0.2) is 25.2 Å². The topological polar surface area (TPSA) is 50.4 Å². The van der Waals surface area contributed by atoms with Gasteiger partial charge in [0, 0.05) is 12.2 Å². The van der Waals surface area contributed by atoms with E-state index in [1.54, 1.807) is 0 Å². The van der Waals surface area contributed by atoms with Gasteiger partial charge >= 0.3 is 0 Å². The molecule has 0 heterocycles. The van der Waals surface area contributed by atoms with Gasteiger partial charge in [-0.2, -0.15) is 0 Å². The molecule has 0 aliphatic heterocycles. The Labute approximate surface area is 146 Å². The van der Waals surface area contributed by atoms with Crippen LogP contribution in [0.15, 0.2) is 24.3 Å². The summed E-state index contributed by atoms with van der Waals surface area (Å²) in [5.74, 6) is 0.613. The zero-order valence-corrected chi connectivity index (χ0v) is 15.5. The fraction of sp³-hybridized carbons (Fsp3) is 0.611. The lowest BCUT2D eigenvalue weighted by atomic mass is 10.1. The molecule has 5 heteroatoms. The van der Waals surface area contributed by atoms with Gasteiger partial charge in [-0.15, -0.1) is 12.4 Å². The van der Waals surface area contributed by atoms with Crippen LogP contribution in [0.25, 0.3) is 0 Å². The number of nitrogens with one attached hydrogen (secondary N) is 2. The maximum Gasteiger partial charge on any atom is 0.226 e. The summed E-state index contributed by atoms with van der Waals surface area (Å²) >= 11 is 0. The third-order valence-electron chi connectivity index (χ3n) is 3.39. The highest BCUT2D eigenvalue weighted by molar-refractivity contribution is 5.91. The Morgan fingerprint density at radius 2 is 1.91 bits per heavy atom. The van der Waals surface area contributed by atoms with Gasteiger partial charge in [0.2, 0.25) is 5.91 Å². The Balaban J connectivity index is 0.00000484. The van der Waals surface area contributed by atoms with Gasteiger partial charge in [-0.25, -0.2) is 0 Å². The first-order valence-corrected chi connectivity index (χ1v) is 8.23. The summed E-state index contributed by atoms with van der Waals surface area (Å²) in [5.41, 5.74) is 1.98. The lowest BCUT2D eigenvalue weighted by Crippen LogP contribution is -2.19. The fourth-order valence-electron chi connectivity index (χ4n) is 2.35. The standard InChI is InChI=1S/C18H30N2O2.ClH/c1-5-19-13-16-8-6-7-9-17(16)20-18(21)10-11-22-15(4)12-14(2)3;/h6-9,14-15,19H,5,10-13H2,1-4H3,(H,20,21);1H. The monoisotopic (exact) mass is 342 g/mol. The molecule has 23 heavy (non-hydrogen) atoms. The van der Waals surface area contributed by atoms with Crippen molar-refractivity contribution in [2.45, 2.75) is 53.2 Å². The van der Waals surface area contributed by atoms with Gasteiger partial charge in [-0.05, 0) is 37.4 Å². The zero-order valence-electron chi connectivity index (χ0n) is 14.7. The van der Waals surface area contributed by atoms with Crippen LogP contribution in [0, 0.1) is 5.92 Å². The van der Waals surface area contributed by atoms with Crippen molar-refractivity contribution in [1.82, 2.24) is 5.32 Å². The molecule has 1 unspecified atom stereocenters. The zero-order chi connectivity index (χ0) is 16.4. The van der Waals surface area contributed by atoms with Gasteiger partial charge in [0.15, 0.2) is 0 Å². The number of rotatable bonds is 10. The highest BCUT2D eigenvalue weighted by Crippen LogP contribution is 2.15. The highest BCUT2D eigenvalue weighted by Gasteiger charge is 2.09. The predicted molar refractivity (Wildman–Crippen MR) is 99.2 cm³/mol. The summed E-state index contributed by atoms with van der Waals surface area (Å²) in [5, 5.41) is 6.25. The van der Waals surface area contributed by atoms with Crippen molar-refractivity contribution in [3.63, 3.8) is 0 Å². The van der Waals surface area contributed by atoms with Gasteiger partial charge in [0.1, 0.15) is 0 Å². The van der Waals surface area contributed by atoms with Crippen molar-refractivity contribution in [2.75, 3.05) is 18.5 Å². The molecule has 0 spiro atoms. The van der Waals surface area contributed by atoms with Gasteiger partial charge in [-0.3, -0.25) is 4.79 Å². The SMILES string of the molecule is CCNCc1ccccc1NC(=O)CCOC(C)CC(C)C.Cl. The molecule has 1 aromatic carbocycles. The lowest BCUT2D eigenvalue weighted by molar-refractivity contribution is -0.117. The molecular formula is C18H31ClN2O2. The van der Waals surface area contributed by atoms with E-state index in [0.29, 0.717) is 18.9 Å². The summed E-state index contributed by atoms with van der Waals surface area (Å²) in [6, 6.07) is 7.89. The van der Waals surface area contributed by atoms with Gasteiger partial charge in [-0.1, -0.05) is 39.0 Å². The van der Waals surface area contributed by atoms with Crippen LogP contribution in [0.2, 0.25) is 0 Å². The molecule has 0 radical (unpaired) electrons. The maximum absolute atomic E-state index is 12.0. The van der Waals surface area contributed by atoms with Crippen LogP contribution in [0.5, 0.6) is 0 Å². The minimum absolute atomic E-state index is 0. The molecule has 0 bridgehead atoms. The van der Waals surface area contributed by atoms with E-state index in [-0.39, 0.29) is 24.4 Å². The van der Waals surface area contributed by atoms with E-state index < -0.39 is 0 Å². The van der Waals surface area contributed by atoms with E-state index in [0.717, 1.165) is 30.8 Å². The summed E-state index contributed by atoms with van der Waals surface area (Å²) in [4.78, 5) is 12.0. The van der Waals surface area contributed by atoms with Crippen molar-refractivity contribution < 1.29 is 9.53 Å². The number of para-hydroxylation sites is 1. The molecule has 132 valence electrons. The van der Waals surface area contributed by atoms with Crippen LogP contribution < -0.4 is 10.6 Å².